The van der Waals surface area contributed by atoms with Crippen molar-refractivity contribution < 1.29 is 0 Å². The van der Waals surface area contributed by atoms with Crippen LogP contribution in [0.15, 0.2) is 30.9 Å². The maximum absolute atomic E-state index is 6.25. The second-order valence-corrected chi connectivity index (χ2v) is 6.45. The smallest absolute Gasteiger partial charge is 0.162 e. The summed E-state index contributed by atoms with van der Waals surface area (Å²) < 4.78 is 0. The molecule has 0 spiro atoms. The number of pyridine rings is 2. The number of nitrogen functional groups attached to an aromatic ring is 1. The van der Waals surface area contributed by atoms with Crippen molar-refractivity contribution in [3.05, 3.63) is 42.0 Å². The molecular formula is C17H19N5. The molecule has 0 unspecified atom stereocenters. The molecule has 0 atom stereocenters. The summed E-state index contributed by atoms with van der Waals surface area (Å²) in [6.07, 6.45) is 7.11. The first kappa shape index (κ1) is 14.4. The Labute approximate surface area is 129 Å². The van der Waals surface area contributed by atoms with Crippen molar-refractivity contribution in [2.24, 2.45) is 0 Å². The number of aryl methyl sites for hydroxylation is 1. The Bertz CT molecular complexity index is 849. The summed E-state index contributed by atoms with van der Waals surface area (Å²) in [6.45, 7) is 8.37. The standard InChI is InChI=1S/C17H19N5/c1-10-7-19-6-5-11(10)16-21-13-9-20-8-12(17(2,3)4)14(13)15(18)22-16/h5-9H,1-4H3,(H2,18,21,22). The van der Waals surface area contributed by atoms with Gasteiger partial charge in [0.25, 0.3) is 0 Å². The van der Waals surface area contributed by atoms with Crippen molar-refractivity contribution in [2.45, 2.75) is 33.1 Å². The molecule has 0 aliphatic rings. The normalized spacial score (nSPS) is 11.8. The molecule has 0 saturated carbocycles. The lowest BCUT2D eigenvalue weighted by molar-refractivity contribution is 0.593. The Hall–Kier alpha value is -2.56. The van der Waals surface area contributed by atoms with Gasteiger partial charge in [-0.1, -0.05) is 20.8 Å². The summed E-state index contributed by atoms with van der Waals surface area (Å²) >= 11 is 0. The van der Waals surface area contributed by atoms with Gasteiger partial charge in [0, 0.05) is 29.5 Å². The van der Waals surface area contributed by atoms with Crippen LogP contribution in [0.3, 0.4) is 0 Å². The highest BCUT2D eigenvalue weighted by atomic mass is 15.0. The highest BCUT2D eigenvalue weighted by Gasteiger charge is 2.21. The predicted octanol–water partition coefficient (Wildman–Crippen LogP) is 3.27. The Morgan fingerprint density at radius 2 is 1.77 bits per heavy atom. The number of hydrogen-bond donors (Lipinski definition) is 1. The van der Waals surface area contributed by atoms with Crippen LogP contribution in [0.25, 0.3) is 22.3 Å². The van der Waals surface area contributed by atoms with Gasteiger partial charge in [0.2, 0.25) is 0 Å². The van der Waals surface area contributed by atoms with E-state index >= 15 is 0 Å². The largest absolute Gasteiger partial charge is 0.383 e. The molecule has 0 bridgehead atoms. The van der Waals surface area contributed by atoms with Crippen LogP contribution in [0, 0.1) is 6.92 Å². The van der Waals surface area contributed by atoms with E-state index in [4.69, 9.17) is 5.73 Å². The third-order valence-electron chi connectivity index (χ3n) is 3.70. The highest BCUT2D eigenvalue weighted by Crippen LogP contribution is 2.32. The van der Waals surface area contributed by atoms with Crippen LogP contribution in [0.2, 0.25) is 0 Å². The van der Waals surface area contributed by atoms with Gasteiger partial charge in [0.05, 0.1) is 11.7 Å². The lowest BCUT2D eigenvalue weighted by atomic mass is 9.86. The fraction of sp³-hybridized carbons (Fsp3) is 0.294. The molecule has 0 aromatic carbocycles. The van der Waals surface area contributed by atoms with E-state index in [1.165, 1.54) is 0 Å². The van der Waals surface area contributed by atoms with Crippen molar-refractivity contribution in [2.75, 3.05) is 5.73 Å². The van der Waals surface area contributed by atoms with Gasteiger partial charge in [-0.3, -0.25) is 9.97 Å². The zero-order valence-corrected chi connectivity index (χ0v) is 13.3. The van der Waals surface area contributed by atoms with Gasteiger partial charge >= 0.3 is 0 Å². The number of nitrogens with two attached hydrogens (primary N) is 1. The summed E-state index contributed by atoms with van der Waals surface area (Å²) in [4.78, 5) is 17.6. The molecule has 0 saturated heterocycles. The third kappa shape index (κ3) is 2.39. The van der Waals surface area contributed by atoms with Crippen molar-refractivity contribution in [3.63, 3.8) is 0 Å². The summed E-state index contributed by atoms with van der Waals surface area (Å²) in [5.41, 5.74) is 9.95. The number of nitrogens with zero attached hydrogens (tertiary/aromatic N) is 4. The number of anilines is 1. The van der Waals surface area contributed by atoms with E-state index in [-0.39, 0.29) is 5.41 Å². The molecule has 0 fully saturated rings. The molecule has 5 heteroatoms. The molecule has 0 aliphatic heterocycles. The topological polar surface area (TPSA) is 77.6 Å². The molecular weight excluding hydrogens is 274 g/mol. The second-order valence-electron chi connectivity index (χ2n) is 6.45. The zero-order chi connectivity index (χ0) is 15.9. The van der Waals surface area contributed by atoms with Crippen LogP contribution in [0.5, 0.6) is 0 Å². The van der Waals surface area contributed by atoms with Gasteiger partial charge in [-0.15, -0.1) is 0 Å². The number of aromatic nitrogens is 4. The molecule has 3 rings (SSSR count). The minimum atomic E-state index is -0.0713. The maximum Gasteiger partial charge on any atom is 0.162 e. The third-order valence-corrected chi connectivity index (χ3v) is 3.70. The molecule has 0 amide bonds. The quantitative estimate of drug-likeness (QED) is 0.745. The summed E-state index contributed by atoms with van der Waals surface area (Å²) in [7, 11) is 0. The monoisotopic (exact) mass is 293 g/mol. The van der Waals surface area contributed by atoms with Crippen LogP contribution < -0.4 is 5.73 Å². The van der Waals surface area contributed by atoms with Crippen LogP contribution in [-0.4, -0.2) is 19.9 Å². The first-order valence-electron chi connectivity index (χ1n) is 7.20. The molecule has 3 heterocycles. The van der Waals surface area contributed by atoms with Gasteiger partial charge in [0.1, 0.15) is 5.82 Å². The molecule has 3 aromatic rings. The van der Waals surface area contributed by atoms with E-state index in [1.54, 1.807) is 18.6 Å². The van der Waals surface area contributed by atoms with E-state index in [1.807, 2.05) is 19.2 Å². The average molecular weight is 293 g/mol. The van der Waals surface area contributed by atoms with Crippen molar-refractivity contribution >= 4 is 16.7 Å². The Balaban J connectivity index is 2.30. The maximum atomic E-state index is 6.25. The van der Waals surface area contributed by atoms with E-state index in [2.05, 4.69) is 40.7 Å². The van der Waals surface area contributed by atoms with Gasteiger partial charge in [-0.2, -0.15) is 0 Å². The van der Waals surface area contributed by atoms with Crippen LogP contribution in [-0.2, 0) is 5.41 Å². The lowest BCUT2D eigenvalue weighted by Gasteiger charge is -2.21. The molecule has 2 N–H and O–H groups in total. The molecule has 22 heavy (non-hydrogen) atoms. The first-order chi connectivity index (χ1) is 10.4. The van der Waals surface area contributed by atoms with E-state index in [0.717, 1.165) is 27.6 Å². The second kappa shape index (κ2) is 5.02. The molecule has 0 radical (unpaired) electrons. The summed E-state index contributed by atoms with van der Waals surface area (Å²) in [6, 6.07) is 1.90. The van der Waals surface area contributed by atoms with Crippen LogP contribution >= 0.6 is 0 Å². The highest BCUT2D eigenvalue weighted by molar-refractivity contribution is 5.92. The molecule has 0 aliphatic carbocycles. The van der Waals surface area contributed by atoms with Crippen molar-refractivity contribution in [1.29, 1.82) is 0 Å². The SMILES string of the molecule is Cc1cnccc1-c1nc(N)c2c(C(C)(C)C)cncc2n1. The number of rotatable bonds is 1. The summed E-state index contributed by atoms with van der Waals surface area (Å²) in [5, 5.41) is 0.887. The van der Waals surface area contributed by atoms with Crippen LogP contribution in [0.1, 0.15) is 31.9 Å². The Morgan fingerprint density at radius 1 is 1.00 bits per heavy atom. The van der Waals surface area contributed by atoms with Gasteiger partial charge < -0.3 is 5.73 Å². The Morgan fingerprint density at radius 3 is 2.45 bits per heavy atom. The predicted molar refractivity (Wildman–Crippen MR) is 88.4 cm³/mol. The van der Waals surface area contributed by atoms with Gasteiger partial charge in [-0.25, -0.2) is 9.97 Å². The zero-order valence-electron chi connectivity index (χ0n) is 13.3. The minimum absolute atomic E-state index is 0.0713. The van der Waals surface area contributed by atoms with Crippen LogP contribution in [0.4, 0.5) is 5.82 Å². The summed E-state index contributed by atoms with van der Waals surface area (Å²) in [5.74, 6) is 1.10. The van der Waals surface area contributed by atoms with Crippen molar-refractivity contribution in [3.8, 4) is 11.4 Å². The molecule has 3 aromatic heterocycles. The first-order valence-corrected chi connectivity index (χ1v) is 7.20. The Kier molecular flexibility index (Phi) is 3.28. The van der Waals surface area contributed by atoms with E-state index in [9.17, 15) is 0 Å². The van der Waals surface area contributed by atoms with Crippen molar-refractivity contribution in [1.82, 2.24) is 19.9 Å². The fourth-order valence-electron chi connectivity index (χ4n) is 2.53. The average Bonchev–Trinajstić information content (AvgIpc) is 2.46. The van der Waals surface area contributed by atoms with Gasteiger partial charge in [0.15, 0.2) is 5.82 Å². The number of hydrogen-bond acceptors (Lipinski definition) is 5. The lowest BCUT2D eigenvalue weighted by Crippen LogP contribution is -2.14. The molecule has 5 nitrogen and oxygen atoms in total. The van der Waals surface area contributed by atoms with E-state index < -0.39 is 0 Å². The molecule has 112 valence electrons. The van der Waals surface area contributed by atoms with Gasteiger partial charge in [-0.05, 0) is 29.5 Å². The minimum Gasteiger partial charge on any atom is -0.383 e. The van der Waals surface area contributed by atoms with E-state index in [0.29, 0.717) is 11.6 Å². The fourth-order valence-corrected chi connectivity index (χ4v) is 2.53. The number of fused-ring (bicyclic) bond motifs is 1.